The van der Waals surface area contributed by atoms with Gasteiger partial charge in [-0.1, -0.05) is 5.21 Å². The Morgan fingerprint density at radius 1 is 1.67 bits per heavy atom. The van der Waals surface area contributed by atoms with Gasteiger partial charge in [0.05, 0.1) is 12.7 Å². The first-order valence-corrected chi connectivity index (χ1v) is 4.03. The van der Waals surface area contributed by atoms with Crippen LogP contribution in [0.2, 0.25) is 0 Å². The molecule has 0 unspecified atom stereocenters. The van der Waals surface area contributed by atoms with Crippen molar-refractivity contribution in [1.29, 1.82) is 0 Å². The highest BCUT2D eigenvalue weighted by Crippen LogP contribution is 1.78. The topological polar surface area (TPSA) is 54.8 Å². The molecule has 0 aliphatic rings. The lowest BCUT2D eigenvalue weighted by Gasteiger charge is -2.05. The van der Waals surface area contributed by atoms with Crippen molar-refractivity contribution in [3.8, 4) is 0 Å². The van der Waals surface area contributed by atoms with E-state index in [1.54, 1.807) is 17.9 Å². The van der Waals surface area contributed by atoms with Crippen molar-refractivity contribution >= 4 is 17.3 Å². The van der Waals surface area contributed by atoms with E-state index in [0.717, 1.165) is 13.1 Å². The Balaban J connectivity index is 2.15. The first kappa shape index (κ1) is 8.92. The fourth-order valence-corrected chi connectivity index (χ4v) is 0.826. The van der Waals surface area contributed by atoms with Gasteiger partial charge in [0.2, 0.25) is 0 Å². The van der Waals surface area contributed by atoms with Crippen LogP contribution in [0.4, 0.5) is 0 Å². The van der Waals surface area contributed by atoms with Crippen LogP contribution in [0, 0.1) is 0 Å². The molecule has 0 aliphatic carbocycles. The van der Waals surface area contributed by atoms with Gasteiger partial charge in [-0.2, -0.15) is 0 Å². The Hall–Kier alpha value is -1.17. The smallest absolute Gasteiger partial charge is 0.166 e. The highest BCUT2D eigenvalue weighted by Gasteiger charge is 1.92. The van der Waals surface area contributed by atoms with Crippen molar-refractivity contribution in [2.45, 2.75) is 6.54 Å². The van der Waals surface area contributed by atoms with Crippen LogP contribution in [0.1, 0.15) is 0 Å². The Kier molecular flexibility index (Phi) is 3.46. The van der Waals surface area contributed by atoms with Gasteiger partial charge in [-0.3, -0.25) is 4.68 Å². The summed E-state index contributed by atoms with van der Waals surface area (Å²) in [7, 11) is 1.78. The summed E-state index contributed by atoms with van der Waals surface area (Å²) in [5.74, 6) is 0. The van der Waals surface area contributed by atoms with Crippen molar-refractivity contribution in [3.63, 3.8) is 0 Å². The maximum Gasteiger partial charge on any atom is 0.166 e. The van der Waals surface area contributed by atoms with Gasteiger partial charge >= 0.3 is 0 Å². The third-order valence-electron chi connectivity index (χ3n) is 1.33. The minimum Gasteiger partial charge on any atom is -0.366 e. The number of hydrogen-bond donors (Lipinski definition) is 2. The Morgan fingerprint density at radius 3 is 3.08 bits per heavy atom. The third kappa shape index (κ3) is 2.83. The second-order valence-electron chi connectivity index (χ2n) is 2.17. The summed E-state index contributed by atoms with van der Waals surface area (Å²) in [6, 6.07) is 0. The molecule has 6 heteroatoms. The zero-order valence-electron chi connectivity index (χ0n) is 6.82. The molecule has 0 spiro atoms. The van der Waals surface area contributed by atoms with Crippen LogP contribution < -0.4 is 10.6 Å². The van der Waals surface area contributed by atoms with Gasteiger partial charge in [-0.15, -0.1) is 5.10 Å². The zero-order chi connectivity index (χ0) is 8.81. The van der Waals surface area contributed by atoms with Crippen molar-refractivity contribution in [3.05, 3.63) is 12.4 Å². The summed E-state index contributed by atoms with van der Waals surface area (Å²) < 4.78 is 1.74. The second kappa shape index (κ2) is 4.66. The predicted octanol–water partition coefficient (Wildman–Crippen LogP) is -0.628. The lowest BCUT2D eigenvalue weighted by molar-refractivity contribution is 0.579. The minimum atomic E-state index is 0.648. The monoisotopic (exact) mass is 185 g/mol. The van der Waals surface area contributed by atoms with E-state index in [1.165, 1.54) is 0 Å². The van der Waals surface area contributed by atoms with E-state index in [0.29, 0.717) is 5.11 Å². The van der Waals surface area contributed by atoms with Crippen molar-refractivity contribution < 1.29 is 0 Å². The molecule has 0 bridgehead atoms. The second-order valence-corrected chi connectivity index (χ2v) is 2.58. The van der Waals surface area contributed by atoms with Crippen LogP contribution in [0.5, 0.6) is 0 Å². The molecule has 2 N–H and O–H groups in total. The van der Waals surface area contributed by atoms with Crippen LogP contribution in [0.15, 0.2) is 12.4 Å². The zero-order valence-corrected chi connectivity index (χ0v) is 7.64. The molecule has 0 aliphatic heterocycles. The van der Waals surface area contributed by atoms with E-state index in [1.807, 2.05) is 6.20 Å². The molecule has 1 aromatic heterocycles. The SMILES string of the molecule is CNC(=S)NCCn1ccnn1. The van der Waals surface area contributed by atoms with Crippen molar-refractivity contribution in [2.24, 2.45) is 0 Å². The lowest BCUT2D eigenvalue weighted by Crippen LogP contribution is -2.34. The molecule has 66 valence electrons. The van der Waals surface area contributed by atoms with Crippen LogP contribution >= 0.6 is 12.2 Å². The molecule has 1 aromatic rings. The molecule has 5 nitrogen and oxygen atoms in total. The molecule has 1 rings (SSSR count). The highest BCUT2D eigenvalue weighted by molar-refractivity contribution is 7.80. The molecule has 0 fully saturated rings. The van der Waals surface area contributed by atoms with Gasteiger partial charge in [0.15, 0.2) is 5.11 Å². The fourth-order valence-electron chi connectivity index (χ4n) is 0.724. The van der Waals surface area contributed by atoms with Gasteiger partial charge in [0.25, 0.3) is 0 Å². The number of aromatic nitrogens is 3. The largest absolute Gasteiger partial charge is 0.366 e. The van der Waals surface area contributed by atoms with E-state index < -0.39 is 0 Å². The van der Waals surface area contributed by atoms with E-state index in [9.17, 15) is 0 Å². The van der Waals surface area contributed by atoms with E-state index in [2.05, 4.69) is 20.9 Å². The number of thiocarbonyl (C=S) groups is 1. The third-order valence-corrected chi connectivity index (χ3v) is 1.67. The quantitative estimate of drug-likeness (QED) is 0.614. The van der Waals surface area contributed by atoms with Gasteiger partial charge in [-0.25, -0.2) is 0 Å². The molecule has 0 saturated carbocycles. The summed E-state index contributed by atoms with van der Waals surface area (Å²) in [6.45, 7) is 1.52. The molecule has 0 aromatic carbocycles. The lowest BCUT2D eigenvalue weighted by atomic mass is 10.6. The summed E-state index contributed by atoms with van der Waals surface area (Å²) in [5, 5.41) is 13.9. The van der Waals surface area contributed by atoms with E-state index in [4.69, 9.17) is 12.2 Å². The Bertz CT molecular complexity index is 232. The summed E-state index contributed by atoms with van der Waals surface area (Å²) >= 11 is 4.88. The van der Waals surface area contributed by atoms with Crippen LogP contribution in [0.25, 0.3) is 0 Å². The highest BCUT2D eigenvalue weighted by atomic mass is 32.1. The molecule has 1 heterocycles. The van der Waals surface area contributed by atoms with E-state index in [-0.39, 0.29) is 0 Å². The van der Waals surface area contributed by atoms with Gasteiger partial charge in [0, 0.05) is 19.8 Å². The maximum atomic E-state index is 4.88. The molecule has 0 saturated heterocycles. The summed E-state index contributed by atoms with van der Waals surface area (Å²) in [5.41, 5.74) is 0. The molecule has 0 amide bonds. The maximum absolute atomic E-state index is 4.88. The molecular formula is C6H11N5S. The average molecular weight is 185 g/mol. The van der Waals surface area contributed by atoms with Gasteiger partial charge < -0.3 is 10.6 Å². The van der Waals surface area contributed by atoms with Gasteiger partial charge in [-0.05, 0) is 12.2 Å². The standard InChI is InChI=1S/C6H11N5S/c1-7-6(12)8-2-4-11-5-3-9-10-11/h3,5H,2,4H2,1H3,(H2,7,8,12). The normalized spacial score (nSPS) is 9.42. The number of nitrogens with one attached hydrogen (secondary N) is 2. The molecule has 0 radical (unpaired) electrons. The van der Waals surface area contributed by atoms with Crippen LogP contribution in [0.3, 0.4) is 0 Å². The molecule has 0 atom stereocenters. The first-order chi connectivity index (χ1) is 5.83. The minimum absolute atomic E-state index is 0.648. The first-order valence-electron chi connectivity index (χ1n) is 3.62. The average Bonchev–Trinajstić information content (AvgIpc) is 2.57. The Labute approximate surface area is 76.1 Å². The fraction of sp³-hybridized carbons (Fsp3) is 0.500. The van der Waals surface area contributed by atoms with Crippen LogP contribution in [-0.4, -0.2) is 33.7 Å². The number of rotatable bonds is 3. The summed E-state index contributed by atoms with van der Waals surface area (Å²) in [6.07, 6.45) is 3.46. The Morgan fingerprint density at radius 2 is 2.50 bits per heavy atom. The molecular weight excluding hydrogens is 174 g/mol. The van der Waals surface area contributed by atoms with Gasteiger partial charge in [0.1, 0.15) is 0 Å². The summed E-state index contributed by atoms with van der Waals surface area (Å²) in [4.78, 5) is 0. The van der Waals surface area contributed by atoms with Crippen molar-refractivity contribution in [2.75, 3.05) is 13.6 Å². The van der Waals surface area contributed by atoms with E-state index >= 15 is 0 Å². The number of hydrogen-bond acceptors (Lipinski definition) is 3. The van der Waals surface area contributed by atoms with Crippen molar-refractivity contribution in [1.82, 2.24) is 25.6 Å². The predicted molar refractivity (Wildman–Crippen MR) is 49.7 cm³/mol. The molecule has 12 heavy (non-hydrogen) atoms. The van der Waals surface area contributed by atoms with Crippen LogP contribution in [-0.2, 0) is 6.54 Å². The number of nitrogens with zero attached hydrogens (tertiary/aromatic N) is 3.